The van der Waals surface area contributed by atoms with Crippen LogP contribution in [0, 0.1) is 12.3 Å². The zero-order valence-electron chi connectivity index (χ0n) is 21.8. The minimum absolute atomic E-state index is 0.0380. The van der Waals surface area contributed by atoms with Crippen LogP contribution >= 0.6 is 0 Å². The Kier molecular flexibility index (Phi) is 12.9. The van der Waals surface area contributed by atoms with Gasteiger partial charge in [-0.3, -0.25) is 9.59 Å². The Morgan fingerprint density at radius 2 is 1.74 bits per heavy atom. The fourth-order valence-electron chi connectivity index (χ4n) is 2.98. The number of benzene rings is 2. The van der Waals surface area contributed by atoms with Crippen molar-refractivity contribution < 1.29 is 27.2 Å². The van der Waals surface area contributed by atoms with Gasteiger partial charge < -0.3 is 11.1 Å². The van der Waals surface area contributed by atoms with Gasteiger partial charge in [0.2, 0.25) is 5.78 Å². The van der Waals surface area contributed by atoms with Crippen LogP contribution in [0.25, 0.3) is 5.69 Å². The van der Waals surface area contributed by atoms with Gasteiger partial charge in [-0.05, 0) is 41.7 Å². The molecule has 0 bridgehead atoms. The molecule has 3 rings (SSSR count). The fraction of sp³-hybridized carbons (Fsp3) is 0.321. The predicted molar refractivity (Wildman–Crippen MR) is 139 cm³/mol. The maximum Gasteiger partial charge on any atom is 0.288 e. The topological polar surface area (TPSA) is 90.0 Å². The third-order valence-electron chi connectivity index (χ3n) is 4.99. The number of carbonyl (C=O) groups is 2. The van der Waals surface area contributed by atoms with Crippen LogP contribution in [0.15, 0.2) is 54.6 Å². The fourth-order valence-corrected chi connectivity index (χ4v) is 2.98. The number of rotatable bonds is 8. The minimum Gasteiger partial charge on any atom is -0.347 e. The third-order valence-corrected chi connectivity index (χ3v) is 4.99. The molecule has 0 saturated heterocycles. The van der Waals surface area contributed by atoms with Crippen LogP contribution in [0.3, 0.4) is 0 Å². The van der Waals surface area contributed by atoms with Gasteiger partial charge in [0, 0.05) is 19.0 Å². The van der Waals surface area contributed by atoms with Crippen molar-refractivity contribution in [3.8, 4) is 18.0 Å². The predicted octanol–water partition coefficient (Wildman–Crippen LogP) is 5.59. The highest BCUT2D eigenvalue weighted by Crippen LogP contribution is 2.28. The number of ketones is 1. The summed E-state index contributed by atoms with van der Waals surface area (Å²) in [6.45, 7) is 6.69. The van der Waals surface area contributed by atoms with Gasteiger partial charge in [0.05, 0.1) is 12.2 Å². The Morgan fingerprint density at radius 3 is 2.21 bits per heavy atom. The molecule has 0 radical (unpaired) electrons. The van der Waals surface area contributed by atoms with E-state index in [1.165, 1.54) is 28.9 Å². The molecule has 2 aromatic carbocycles. The molecule has 0 spiro atoms. The summed E-state index contributed by atoms with van der Waals surface area (Å²) in [5.74, 6) is -2.31. The van der Waals surface area contributed by atoms with Crippen LogP contribution in [0.4, 0.5) is 17.6 Å². The van der Waals surface area contributed by atoms with E-state index < -0.39 is 23.9 Å². The van der Waals surface area contributed by atoms with Gasteiger partial charge in [-0.1, -0.05) is 57.2 Å². The molecule has 1 heterocycles. The number of carbonyl (C=O) groups excluding carboxylic acids is 2. The summed E-state index contributed by atoms with van der Waals surface area (Å²) in [6.07, 6.45) is 2.77. The van der Waals surface area contributed by atoms with Crippen LogP contribution in [0.2, 0.25) is 0 Å². The SMILES string of the molecule is C#CC(=O)CN.CC.CCc1cccc(-n2nc(C(C)(F)F)cc2C(=O)NCc2ccc(C(F)F)cc2)c1. The van der Waals surface area contributed by atoms with Crippen molar-refractivity contribution in [3.63, 3.8) is 0 Å². The highest BCUT2D eigenvalue weighted by atomic mass is 19.3. The average molecular weight is 533 g/mol. The molecule has 0 unspecified atom stereocenters. The zero-order chi connectivity index (χ0) is 28.9. The molecule has 0 fully saturated rings. The normalized spacial score (nSPS) is 10.4. The van der Waals surface area contributed by atoms with Crippen molar-refractivity contribution in [1.82, 2.24) is 15.1 Å². The summed E-state index contributed by atoms with van der Waals surface area (Å²) >= 11 is 0. The molecule has 6 nitrogen and oxygen atoms in total. The van der Waals surface area contributed by atoms with Crippen LogP contribution in [0.1, 0.15) is 67.0 Å². The van der Waals surface area contributed by atoms with Crippen molar-refractivity contribution >= 4 is 11.7 Å². The van der Waals surface area contributed by atoms with Gasteiger partial charge in [-0.15, -0.1) is 6.42 Å². The van der Waals surface area contributed by atoms with Gasteiger partial charge in [-0.2, -0.15) is 13.9 Å². The number of aromatic nitrogens is 2. The number of alkyl halides is 4. The molecule has 0 aliphatic heterocycles. The number of nitrogens with one attached hydrogen (secondary N) is 1. The molecule has 0 aliphatic carbocycles. The number of amides is 1. The quantitative estimate of drug-likeness (QED) is 0.225. The Balaban J connectivity index is 0.000000795. The minimum atomic E-state index is -3.21. The molecule has 3 N–H and O–H groups in total. The van der Waals surface area contributed by atoms with Crippen molar-refractivity contribution in [2.24, 2.45) is 5.73 Å². The summed E-state index contributed by atoms with van der Waals surface area (Å²) in [7, 11) is 0. The summed E-state index contributed by atoms with van der Waals surface area (Å²) < 4.78 is 54.2. The highest BCUT2D eigenvalue weighted by molar-refractivity contribution is 5.96. The number of halogens is 4. The first-order valence-electron chi connectivity index (χ1n) is 11.9. The molecule has 1 amide bonds. The van der Waals surface area contributed by atoms with E-state index in [2.05, 4.69) is 16.8 Å². The standard InChI is InChI=1S/C22H21F4N3O.C4H5NO.C2H6/c1-3-14-5-4-6-17(11-14)29-18(12-19(28-29)22(2,25)26)21(30)27-13-15-7-9-16(10-8-15)20(23)24;1-2-4(6)3-5;1-2/h4-12,20H,3,13H2,1-2H3,(H,27,30);1H,3,5H2;1-2H3. The van der Waals surface area contributed by atoms with Gasteiger partial charge in [0.1, 0.15) is 11.4 Å². The lowest BCUT2D eigenvalue weighted by atomic mass is 10.1. The maximum absolute atomic E-state index is 13.9. The highest BCUT2D eigenvalue weighted by Gasteiger charge is 2.31. The number of Topliss-reactive ketones (excluding diaryl/α,β-unsaturated/α-hetero) is 1. The van der Waals surface area contributed by atoms with Gasteiger partial charge in [-0.25, -0.2) is 13.5 Å². The van der Waals surface area contributed by atoms with Crippen LogP contribution < -0.4 is 11.1 Å². The first kappa shape index (κ1) is 32.1. The zero-order valence-corrected chi connectivity index (χ0v) is 21.8. The van der Waals surface area contributed by atoms with Crippen molar-refractivity contribution in [1.29, 1.82) is 0 Å². The van der Waals surface area contributed by atoms with E-state index in [0.717, 1.165) is 18.1 Å². The molecule has 0 atom stereocenters. The van der Waals surface area contributed by atoms with Gasteiger partial charge in [0.25, 0.3) is 18.3 Å². The van der Waals surface area contributed by atoms with E-state index in [1.807, 2.05) is 32.8 Å². The van der Waals surface area contributed by atoms with E-state index in [9.17, 15) is 27.2 Å². The molecule has 3 aromatic rings. The third kappa shape index (κ3) is 9.48. The van der Waals surface area contributed by atoms with E-state index in [1.54, 1.807) is 18.2 Å². The van der Waals surface area contributed by atoms with Crippen LogP contribution in [0.5, 0.6) is 0 Å². The second-order valence-corrected chi connectivity index (χ2v) is 7.74. The van der Waals surface area contributed by atoms with Gasteiger partial charge >= 0.3 is 0 Å². The van der Waals surface area contributed by atoms with E-state index in [4.69, 9.17) is 5.73 Å². The number of aryl methyl sites for hydroxylation is 1. The van der Waals surface area contributed by atoms with Crippen molar-refractivity contribution in [3.05, 3.63) is 82.7 Å². The Hall–Kier alpha value is -3.97. The van der Waals surface area contributed by atoms with Gasteiger partial charge in [0.15, 0.2) is 0 Å². The Labute approximate surface area is 220 Å². The lowest BCUT2D eigenvalue weighted by Gasteiger charge is -2.10. The molecule has 1 aromatic heterocycles. The van der Waals surface area contributed by atoms with E-state index >= 15 is 0 Å². The number of nitrogens with two attached hydrogens (primary N) is 1. The number of hydrogen-bond donors (Lipinski definition) is 2. The number of terminal acetylenes is 1. The molecule has 10 heteroatoms. The monoisotopic (exact) mass is 532 g/mol. The largest absolute Gasteiger partial charge is 0.347 e. The first-order chi connectivity index (χ1) is 18.0. The molecule has 0 aliphatic rings. The van der Waals surface area contributed by atoms with Crippen molar-refractivity contribution in [2.75, 3.05) is 6.54 Å². The summed E-state index contributed by atoms with van der Waals surface area (Å²) in [6, 6.07) is 13.7. The first-order valence-corrected chi connectivity index (χ1v) is 11.9. The maximum atomic E-state index is 13.9. The Morgan fingerprint density at radius 1 is 1.11 bits per heavy atom. The second-order valence-electron chi connectivity index (χ2n) is 7.74. The molecular weight excluding hydrogens is 500 g/mol. The molecule has 204 valence electrons. The second kappa shape index (κ2) is 15.3. The summed E-state index contributed by atoms with van der Waals surface area (Å²) in [5.41, 5.74) is 6.19. The van der Waals surface area contributed by atoms with Crippen molar-refractivity contribution in [2.45, 2.75) is 53.0 Å². The molecule has 0 saturated carbocycles. The van der Waals surface area contributed by atoms with E-state index in [-0.39, 0.29) is 30.1 Å². The lowest BCUT2D eigenvalue weighted by molar-refractivity contribution is -0.112. The smallest absolute Gasteiger partial charge is 0.288 e. The molecular formula is C28H32F4N4O2. The summed E-state index contributed by atoms with van der Waals surface area (Å²) in [5, 5.41) is 6.59. The lowest BCUT2D eigenvalue weighted by Crippen LogP contribution is -2.25. The molecule has 38 heavy (non-hydrogen) atoms. The number of nitrogens with zero attached hydrogens (tertiary/aromatic N) is 2. The number of hydrogen-bond acceptors (Lipinski definition) is 4. The summed E-state index contributed by atoms with van der Waals surface area (Å²) in [4.78, 5) is 22.6. The van der Waals surface area contributed by atoms with Crippen LogP contribution in [-0.2, 0) is 23.7 Å². The van der Waals surface area contributed by atoms with Crippen LogP contribution in [-0.4, -0.2) is 28.0 Å². The average Bonchev–Trinajstić information content (AvgIpc) is 3.39. The Bertz CT molecular complexity index is 1230. The van der Waals surface area contributed by atoms with E-state index in [0.29, 0.717) is 18.2 Å².